The maximum Gasteiger partial charge on any atom is 1.00 e. The number of hydrogen-bond acceptors (Lipinski definition) is 1. The van der Waals surface area contributed by atoms with Gasteiger partial charge in [0.1, 0.15) is 0 Å². The summed E-state index contributed by atoms with van der Waals surface area (Å²) >= 11 is 0. The molecule has 0 aliphatic rings. The van der Waals surface area contributed by atoms with E-state index in [9.17, 15) is 12.9 Å². The number of hydrogen-bond donors (Lipinski definition) is 0. The Labute approximate surface area is 134 Å². The Kier molecular flexibility index (Phi) is 4.65. The molecule has 0 fully saturated rings. The van der Waals surface area contributed by atoms with Gasteiger partial charge in [0, 0.05) is 12.4 Å². The van der Waals surface area contributed by atoms with Gasteiger partial charge in [0.2, 0.25) is 0 Å². The van der Waals surface area contributed by atoms with Crippen molar-refractivity contribution in [1.29, 1.82) is 0 Å². The molecule has 0 spiro atoms. The molecule has 0 N–H and O–H groups in total. The van der Waals surface area contributed by atoms with Crippen LogP contribution in [0.25, 0.3) is 10.9 Å². The molecular weight excluding hydrogens is 243 g/mol. The SMILES string of the molecule is Cn1ncc2ccc(C[B-](F)(F)F)cc21.[K+]. The van der Waals surface area contributed by atoms with E-state index in [1.165, 1.54) is 12.1 Å². The first-order chi connectivity index (χ1) is 6.96. The van der Waals surface area contributed by atoms with Gasteiger partial charge in [-0.05, 0) is 6.07 Å². The van der Waals surface area contributed by atoms with E-state index in [0.29, 0.717) is 5.56 Å². The zero-order valence-electron chi connectivity index (χ0n) is 9.12. The van der Waals surface area contributed by atoms with E-state index in [-0.39, 0.29) is 51.4 Å². The van der Waals surface area contributed by atoms with Gasteiger partial charge in [-0.3, -0.25) is 4.68 Å². The molecule has 0 saturated carbocycles. The molecule has 0 unspecified atom stereocenters. The van der Waals surface area contributed by atoms with Crippen molar-refractivity contribution in [3.8, 4) is 0 Å². The van der Waals surface area contributed by atoms with Crippen LogP contribution in [0.4, 0.5) is 12.9 Å². The minimum absolute atomic E-state index is 0. The van der Waals surface area contributed by atoms with Crippen LogP contribution in [0.2, 0.25) is 0 Å². The van der Waals surface area contributed by atoms with E-state index in [4.69, 9.17) is 0 Å². The Morgan fingerprint density at radius 1 is 1.31 bits per heavy atom. The van der Waals surface area contributed by atoms with Gasteiger partial charge >= 0.3 is 58.4 Å². The Hall–Kier alpha value is 0.181. The quantitative estimate of drug-likeness (QED) is 0.659. The van der Waals surface area contributed by atoms with Crippen LogP contribution in [0.3, 0.4) is 0 Å². The molecule has 1 aromatic carbocycles. The Bertz CT molecular complexity index is 495. The van der Waals surface area contributed by atoms with Crippen molar-refractivity contribution in [3.05, 3.63) is 30.0 Å². The van der Waals surface area contributed by atoms with Crippen LogP contribution in [0.5, 0.6) is 0 Å². The first kappa shape index (κ1) is 14.2. The number of aromatic nitrogens is 2. The predicted molar refractivity (Wildman–Crippen MR) is 53.5 cm³/mol. The van der Waals surface area contributed by atoms with Gasteiger partial charge in [0.05, 0.1) is 11.7 Å². The van der Waals surface area contributed by atoms with E-state index in [1.807, 2.05) is 0 Å². The fraction of sp³-hybridized carbons (Fsp3) is 0.222. The molecule has 0 aliphatic heterocycles. The zero-order chi connectivity index (χ0) is 11.1. The van der Waals surface area contributed by atoms with Crippen molar-refractivity contribution in [2.45, 2.75) is 6.32 Å². The molecule has 0 bridgehead atoms. The molecule has 0 amide bonds. The summed E-state index contributed by atoms with van der Waals surface area (Å²) in [4.78, 5) is 0. The second kappa shape index (κ2) is 5.22. The van der Waals surface area contributed by atoms with Crippen molar-refractivity contribution in [1.82, 2.24) is 9.78 Å². The molecular formula is C9H9BF3KN2. The summed E-state index contributed by atoms with van der Waals surface area (Å²) in [5.74, 6) is 0. The second-order valence-corrected chi connectivity index (χ2v) is 3.58. The molecule has 80 valence electrons. The fourth-order valence-corrected chi connectivity index (χ4v) is 1.58. The number of fused-ring (bicyclic) bond motifs is 1. The smallest absolute Gasteiger partial charge is 0.449 e. The topological polar surface area (TPSA) is 17.8 Å². The van der Waals surface area contributed by atoms with Crippen LogP contribution >= 0.6 is 0 Å². The van der Waals surface area contributed by atoms with Crippen molar-refractivity contribution in [2.75, 3.05) is 0 Å². The van der Waals surface area contributed by atoms with E-state index < -0.39 is 13.3 Å². The molecule has 2 nitrogen and oxygen atoms in total. The minimum atomic E-state index is -4.77. The molecule has 0 aliphatic carbocycles. The van der Waals surface area contributed by atoms with Gasteiger partial charge in [0.15, 0.2) is 0 Å². The maximum atomic E-state index is 12.2. The number of aryl methyl sites for hydroxylation is 1. The molecule has 16 heavy (non-hydrogen) atoms. The van der Waals surface area contributed by atoms with Crippen molar-refractivity contribution in [2.24, 2.45) is 7.05 Å². The van der Waals surface area contributed by atoms with E-state index in [0.717, 1.165) is 10.9 Å². The van der Waals surface area contributed by atoms with Crippen LogP contribution in [-0.4, -0.2) is 16.8 Å². The van der Waals surface area contributed by atoms with Crippen molar-refractivity contribution < 1.29 is 64.3 Å². The monoisotopic (exact) mass is 252 g/mol. The average Bonchev–Trinajstić information content (AvgIpc) is 2.45. The van der Waals surface area contributed by atoms with Crippen LogP contribution < -0.4 is 51.4 Å². The summed E-state index contributed by atoms with van der Waals surface area (Å²) in [5.41, 5.74) is 1.02. The minimum Gasteiger partial charge on any atom is -0.449 e. The first-order valence-electron chi connectivity index (χ1n) is 4.57. The third kappa shape index (κ3) is 3.33. The Morgan fingerprint density at radius 2 is 2.00 bits per heavy atom. The standard InChI is InChI=1S/C9H9BF3N2.K/c1-15-9-4-7(5-10(11,12)13)2-3-8(9)6-14-15;/h2-4,6H,5H2,1H3;/q-1;+1. The van der Waals surface area contributed by atoms with Gasteiger partial charge < -0.3 is 12.9 Å². The fourth-order valence-electron chi connectivity index (χ4n) is 1.58. The second-order valence-electron chi connectivity index (χ2n) is 3.58. The molecule has 2 rings (SSSR count). The molecule has 7 heteroatoms. The van der Waals surface area contributed by atoms with E-state index >= 15 is 0 Å². The molecule has 0 saturated heterocycles. The summed E-state index contributed by atoms with van der Waals surface area (Å²) in [6, 6.07) is 4.70. The predicted octanol–water partition coefficient (Wildman–Crippen LogP) is -0.494. The Morgan fingerprint density at radius 3 is 2.62 bits per heavy atom. The largest absolute Gasteiger partial charge is 1.00 e. The number of rotatable bonds is 2. The van der Waals surface area contributed by atoms with Gasteiger partial charge in [-0.2, -0.15) is 5.10 Å². The number of benzene rings is 1. The average molecular weight is 252 g/mol. The maximum absolute atomic E-state index is 12.2. The summed E-state index contributed by atoms with van der Waals surface area (Å²) in [6.45, 7) is -4.77. The van der Waals surface area contributed by atoms with Crippen LogP contribution in [0.15, 0.2) is 24.4 Å². The third-order valence-electron chi connectivity index (χ3n) is 2.28. The summed E-state index contributed by atoms with van der Waals surface area (Å²) in [5, 5.41) is 4.83. The molecule has 1 aromatic heterocycles. The summed E-state index contributed by atoms with van der Waals surface area (Å²) in [7, 11) is 1.71. The normalized spacial score (nSPS) is 11.5. The zero-order valence-corrected chi connectivity index (χ0v) is 12.2. The van der Waals surface area contributed by atoms with E-state index in [2.05, 4.69) is 5.10 Å². The summed E-state index contributed by atoms with van der Waals surface area (Å²) < 4.78 is 38.2. The van der Waals surface area contributed by atoms with Crippen molar-refractivity contribution in [3.63, 3.8) is 0 Å². The molecule has 0 radical (unpaired) electrons. The van der Waals surface area contributed by atoms with Crippen LogP contribution in [-0.2, 0) is 13.4 Å². The van der Waals surface area contributed by atoms with Crippen LogP contribution in [0, 0.1) is 0 Å². The summed E-state index contributed by atoms with van der Waals surface area (Å²) in [6.07, 6.45) is 0.805. The number of nitrogens with zero attached hydrogens (tertiary/aromatic N) is 2. The third-order valence-corrected chi connectivity index (χ3v) is 2.28. The molecule has 2 aromatic rings. The first-order valence-corrected chi connectivity index (χ1v) is 4.57. The van der Waals surface area contributed by atoms with Gasteiger partial charge in [-0.15, -0.1) is 0 Å². The Balaban J connectivity index is 0.00000128. The molecule has 1 heterocycles. The van der Waals surface area contributed by atoms with Gasteiger partial charge in [0.25, 0.3) is 0 Å². The van der Waals surface area contributed by atoms with Gasteiger partial charge in [-0.25, -0.2) is 0 Å². The van der Waals surface area contributed by atoms with Crippen LogP contribution in [0.1, 0.15) is 5.56 Å². The van der Waals surface area contributed by atoms with Crippen molar-refractivity contribution >= 4 is 17.9 Å². The van der Waals surface area contributed by atoms with E-state index in [1.54, 1.807) is 24.0 Å². The number of halogens is 3. The van der Waals surface area contributed by atoms with Gasteiger partial charge in [-0.1, -0.05) is 24.0 Å². The molecule has 0 atom stereocenters.